The third kappa shape index (κ3) is 71.8. The first-order valence-corrected chi connectivity index (χ1v) is 37.7. The van der Waals surface area contributed by atoms with Gasteiger partial charge in [0.25, 0.3) is 0 Å². The minimum atomic E-state index is -1.62. The Bertz CT molecular complexity index is 1740. The Labute approximate surface area is 550 Å². The maximum absolute atomic E-state index is 13.0. The molecule has 0 rings (SSSR count). The maximum atomic E-state index is 13.0. The van der Waals surface area contributed by atoms with Crippen molar-refractivity contribution >= 4 is 17.9 Å². The molecule has 89 heavy (non-hydrogen) atoms. The molecule has 0 bridgehead atoms. The second kappa shape index (κ2) is 70.3. The van der Waals surface area contributed by atoms with Gasteiger partial charge in [-0.2, -0.15) is 0 Å². The number of hydrogen-bond acceptors (Lipinski definition) is 8. The van der Waals surface area contributed by atoms with Gasteiger partial charge < -0.3 is 33.3 Å². The van der Waals surface area contributed by atoms with Gasteiger partial charge in [-0.05, 0) is 89.9 Å². The molecular weight excluding hydrogens is 1100 g/mol. The number of rotatable bonds is 70. The van der Waals surface area contributed by atoms with Gasteiger partial charge in [0.1, 0.15) is 13.2 Å². The molecule has 2 unspecified atom stereocenters. The number of carbonyl (C=O) groups is 3. The van der Waals surface area contributed by atoms with Crippen LogP contribution in [0.3, 0.4) is 0 Å². The van der Waals surface area contributed by atoms with Gasteiger partial charge in [-0.3, -0.25) is 9.59 Å². The molecule has 0 N–H and O–H groups in total. The molecule has 0 amide bonds. The lowest BCUT2D eigenvalue weighted by Gasteiger charge is -2.26. The fraction of sp³-hybridized carbons (Fsp3) is 0.787. The first-order valence-electron chi connectivity index (χ1n) is 37.7. The molecule has 0 saturated heterocycles. The standard InChI is InChI=1S/C80H143NO8/c1-6-8-10-12-14-16-18-20-22-24-26-28-30-32-34-36-38-39-41-43-45-47-49-51-53-55-57-59-61-63-65-67-69-71-78(83)89-76(75-88-80(79(84)85)86-73-72-81(3,4)5)74-87-77(82)70-68-66-64-62-60-58-56-54-52-50-48-46-44-42-40-37-35-33-31-29-27-25-23-21-19-17-15-13-11-9-7-2/h8,10,14,16,20,22,25-28,32,34,38-39,76,80H,6-7,9,11-13,15,17-19,21,23-24,29-31,33,35-37,40-75H2,1-5H3/b10-8-,16-14-,22-20-,27-25-,28-26-,34-32-,39-38-. The van der Waals surface area contributed by atoms with Crippen LogP contribution in [0.15, 0.2) is 85.1 Å². The quantitative estimate of drug-likeness (QED) is 0.0195. The largest absolute Gasteiger partial charge is 0.545 e. The van der Waals surface area contributed by atoms with E-state index in [-0.39, 0.29) is 32.2 Å². The van der Waals surface area contributed by atoms with Crippen LogP contribution in [0.4, 0.5) is 0 Å². The van der Waals surface area contributed by atoms with Crippen molar-refractivity contribution in [2.24, 2.45) is 0 Å². The number of esters is 2. The Kier molecular flexibility index (Phi) is 67.6. The van der Waals surface area contributed by atoms with Crippen LogP contribution < -0.4 is 5.11 Å². The molecule has 0 aromatic carbocycles. The number of hydrogen-bond donors (Lipinski definition) is 0. The highest BCUT2D eigenvalue weighted by molar-refractivity contribution is 5.70. The van der Waals surface area contributed by atoms with Gasteiger partial charge in [0.15, 0.2) is 12.4 Å². The molecular formula is C80H143NO8. The van der Waals surface area contributed by atoms with Crippen molar-refractivity contribution in [3.8, 4) is 0 Å². The molecule has 0 aliphatic carbocycles. The number of likely N-dealkylation sites (N-methyl/N-ethyl adjacent to an activating group) is 1. The topological polar surface area (TPSA) is 111 Å². The Morgan fingerprint density at radius 2 is 0.640 bits per heavy atom. The molecule has 0 radical (unpaired) electrons. The number of quaternary nitrogens is 1. The fourth-order valence-electron chi connectivity index (χ4n) is 10.9. The maximum Gasteiger partial charge on any atom is 0.306 e. The molecule has 0 aromatic rings. The monoisotopic (exact) mass is 1250 g/mol. The van der Waals surface area contributed by atoms with E-state index < -0.39 is 24.3 Å². The zero-order chi connectivity index (χ0) is 64.7. The summed E-state index contributed by atoms with van der Waals surface area (Å²) >= 11 is 0. The van der Waals surface area contributed by atoms with Gasteiger partial charge in [0, 0.05) is 12.8 Å². The van der Waals surface area contributed by atoms with E-state index in [1.807, 2.05) is 21.1 Å². The van der Waals surface area contributed by atoms with Gasteiger partial charge in [-0.25, -0.2) is 0 Å². The lowest BCUT2D eigenvalue weighted by molar-refractivity contribution is -0.870. The lowest BCUT2D eigenvalue weighted by atomic mass is 10.0. The minimum Gasteiger partial charge on any atom is -0.545 e. The van der Waals surface area contributed by atoms with E-state index in [2.05, 4.69) is 98.9 Å². The predicted octanol–water partition coefficient (Wildman–Crippen LogP) is 22.5. The molecule has 0 aliphatic heterocycles. The van der Waals surface area contributed by atoms with Crippen LogP contribution >= 0.6 is 0 Å². The molecule has 0 saturated carbocycles. The van der Waals surface area contributed by atoms with Crippen molar-refractivity contribution < 1.29 is 42.9 Å². The van der Waals surface area contributed by atoms with Gasteiger partial charge in [0.05, 0.1) is 40.3 Å². The third-order valence-corrected chi connectivity index (χ3v) is 16.6. The first kappa shape index (κ1) is 85.5. The van der Waals surface area contributed by atoms with Crippen LogP contribution in [0.1, 0.15) is 348 Å². The van der Waals surface area contributed by atoms with Gasteiger partial charge >= 0.3 is 11.9 Å². The van der Waals surface area contributed by atoms with E-state index in [4.69, 9.17) is 18.9 Å². The van der Waals surface area contributed by atoms with Crippen LogP contribution in [-0.4, -0.2) is 82.3 Å². The number of allylic oxidation sites excluding steroid dienone is 14. The van der Waals surface area contributed by atoms with E-state index in [1.54, 1.807) is 0 Å². The van der Waals surface area contributed by atoms with Crippen molar-refractivity contribution in [2.75, 3.05) is 47.5 Å². The number of unbranched alkanes of at least 4 members (excludes halogenated alkanes) is 41. The van der Waals surface area contributed by atoms with Gasteiger partial charge in [-0.15, -0.1) is 0 Å². The molecule has 0 spiro atoms. The molecule has 0 heterocycles. The van der Waals surface area contributed by atoms with Crippen molar-refractivity contribution in [1.82, 2.24) is 0 Å². The second-order valence-electron chi connectivity index (χ2n) is 26.6. The molecule has 0 aromatic heterocycles. The third-order valence-electron chi connectivity index (χ3n) is 16.6. The minimum absolute atomic E-state index is 0.147. The van der Waals surface area contributed by atoms with E-state index in [1.165, 1.54) is 238 Å². The first-order chi connectivity index (χ1) is 43.6. The summed E-state index contributed by atoms with van der Waals surface area (Å²) in [5.41, 5.74) is 0. The van der Waals surface area contributed by atoms with Gasteiger partial charge in [0.2, 0.25) is 0 Å². The summed E-state index contributed by atoms with van der Waals surface area (Å²) in [6, 6.07) is 0. The number of carboxylic acid groups (broad SMARTS) is 1. The Hall–Kier alpha value is -3.53. The summed E-state index contributed by atoms with van der Waals surface area (Å²) in [7, 11) is 5.94. The molecule has 9 heteroatoms. The average Bonchev–Trinajstić information content (AvgIpc) is 3.64. The molecule has 0 fully saturated rings. The number of nitrogens with zero attached hydrogens (tertiary/aromatic N) is 1. The van der Waals surface area contributed by atoms with E-state index in [0.717, 1.165) is 77.0 Å². The fourth-order valence-corrected chi connectivity index (χ4v) is 10.9. The van der Waals surface area contributed by atoms with Crippen LogP contribution in [0.25, 0.3) is 0 Å². The SMILES string of the molecule is CC/C=C\C/C=C\C/C=C\C/C=C\C/C=C\C/C=C\CCCCCCCCCCCCCCCCC(=O)OC(COC(=O)CCCCCCCCCCCCCCCCCCCCC/C=C\CCCCCCCCCC)COC(OCC[N+](C)(C)C)C(=O)[O-]. The highest BCUT2D eigenvalue weighted by atomic mass is 16.7. The summed E-state index contributed by atoms with van der Waals surface area (Å²) in [5, 5.41) is 11.8. The number of aliphatic carboxylic acids is 1. The van der Waals surface area contributed by atoms with Crippen LogP contribution in [0.5, 0.6) is 0 Å². The summed E-state index contributed by atoms with van der Waals surface area (Å²) < 4.78 is 22.9. The smallest absolute Gasteiger partial charge is 0.306 e. The second-order valence-corrected chi connectivity index (χ2v) is 26.6. The van der Waals surface area contributed by atoms with Crippen LogP contribution in [0, 0.1) is 0 Å². The Morgan fingerprint density at radius 3 is 0.966 bits per heavy atom. The molecule has 9 nitrogen and oxygen atoms in total. The van der Waals surface area contributed by atoms with E-state index >= 15 is 0 Å². The highest BCUT2D eigenvalue weighted by Gasteiger charge is 2.22. The summed E-state index contributed by atoms with van der Waals surface area (Å²) in [6.07, 6.45) is 92.6. The summed E-state index contributed by atoms with van der Waals surface area (Å²) in [4.78, 5) is 37.6. The van der Waals surface area contributed by atoms with Gasteiger partial charge in [-0.1, -0.05) is 330 Å². The van der Waals surface area contributed by atoms with Crippen molar-refractivity contribution in [3.05, 3.63) is 85.1 Å². The summed E-state index contributed by atoms with van der Waals surface area (Å²) in [5.74, 6) is -2.27. The van der Waals surface area contributed by atoms with Crippen molar-refractivity contribution in [3.63, 3.8) is 0 Å². The number of ether oxygens (including phenoxy) is 4. The average molecular weight is 1250 g/mol. The zero-order valence-electron chi connectivity index (χ0n) is 59.0. The Morgan fingerprint density at radius 1 is 0.348 bits per heavy atom. The highest BCUT2D eigenvalue weighted by Crippen LogP contribution is 2.18. The number of carboxylic acids is 1. The predicted molar refractivity (Wildman–Crippen MR) is 380 cm³/mol. The normalized spacial score (nSPS) is 13.1. The van der Waals surface area contributed by atoms with Crippen molar-refractivity contribution in [1.29, 1.82) is 0 Å². The summed E-state index contributed by atoms with van der Waals surface area (Å²) in [6.45, 7) is 4.68. The van der Waals surface area contributed by atoms with Crippen molar-refractivity contribution in [2.45, 2.75) is 360 Å². The number of carbonyl (C=O) groups excluding carboxylic acids is 3. The lowest BCUT2D eigenvalue weighted by Crippen LogP contribution is -2.44. The molecule has 2 atom stereocenters. The van der Waals surface area contributed by atoms with E-state index in [9.17, 15) is 19.5 Å². The zero-order valence-corrected chi connectivity index (χ0v) is 59.0. The molecule has 0 aliphatic rings. The van der Waals surface area contributed by atoms with E-state index in [0.29, 0.717) is 23.9 Å². The Balaban J connectivity index is 4.06. The molecule has 516 valence electrons. The van der Waals surface area contributed by atoms with Crippen LogP contribution in [0.2, 0.25) is 0 Å². The van der Waals surface area contributed by atoms with Crippen LogP contribution in [-0.2, 0) is 33.3 Å².